The summed E-state index contributed by atoms with van der Waals surface area (Å²) in [6.07, 6.45) is 3.68. The van der Waals surface area contributed by atoms with Crippen molar-refractivity contribution >= 4 is 5.69 Å². The molecule has 0 amide bonds. The van der Waals surface area contributed by atoms with Crippen molar-refractivity contribution in [2.45, 2.75) is 32.7 Å². The van der Waals surface area contributed by atoms with Gasteiger partial charge in [-0.2, -0.15) is 0 Å². The summed E-state index contributed by atoms with van der Waals surface area (Å²) in [5, 5.41) is 0. The summed E-state index contributed by atoms with van der Waals surface area (Å²) in [7, 11) is 0. The topological polar surface area (TPSA) is 29.3 Å². The summed E-state index contributed by atoms with van der Waals surface area (Å²) >= 11 is 0. The number of nitrogens with two attached hydrogens (primary N) is 1. The standard InChI is InChI=1S/C13H20N2/c1-2-8-15-9-4-6-12-11(10-14)5-3-7-13(12)15/h3,5,7H,2,4,6,8-10,14H2,1H3. The number of benzene rings is 1. The van der Waals surface area contributed by atoms with E-state index in [1.807, 2.05) is 0 Å². The van der Waals surface area contributed by atoms with Crippen molar-refractivity contribution in [2.24, 2.45) is 5.73 Å². The van der Waals surface area contributed by atoms with Crippen LogP contribution in [0.15, 0.2) is 18.2 Å². The number of hydrogen-bond acceptors (Lipinski definition) is 2. The molecule has 1 aliphatic rings. The SMILES string of the molecule is CCCN1CCCc2c(CN)cccc21. The van der Waals surface area contributed by atoms with E-state index >= 15 is 0 Å². The lowest BCUT2D eigenvalue weighted by Gasteiger charge is -2.32. The third kappa shape index (κ3) is 2.00. The predicted octanol–water partition coefficient (Wildman–Crippen LogP) is 2.31. The minimum atomic E-state index is 0.670. The van der Waals surface area contributed by atoms with E-state index in [-0.39, 0.29) is 0 Å². The van der Waals surface area contributed by atoms with Crippen LogP contribution < -0.4 is 10.6 Å². The molecule has 0 fully saturated rings. The van der Waals surface area contributed by atoms with Crippen LogP contribution in [0.3, 0.4) is 0 Å². The van der Waals surface area contributed by atoms with Crippen molar-refractivity contribution in [2.75, 3.05) is 18.0 Å². The van der Waals surface area contributed by atoms with Crippen LogP contribution in [0.4, 0.5) is 5.69 Å². The normalized spacial score (nSPS) is 15.2. The number of rotatable bonds is 3. The van der Waals surface area contributed by atoms with Crippen molar-refractivity contribution in [3.8, 4) is 0 Å². The zero-order chi connectivity index (χ0) is 10.7. The Morgan fingerprint density at radius 2 is 2.27 bits per heavy atom. The lowest BCUT2D eigenvalue weighted by atomic mass is 9.96. The number of fused-ring (bicyclic) bond motifs is 1. The maximum absolute atomic E-state index is 5.77. The van der Waals surface area contributed by atoms with Gasteiger partial charge in [0, 0.05) is 25.3 Å². The predicted molar refractivity (Wildman–Crippen MR) is 65.2 cm³/mol. The Bertz CT molecular complexity index is 333. The van der Waals surface area contributed by atoms with E-state index in [0.29, 0.717) is 6.54 Å². The molecule has 15 heavy (non-hydrogen) atoms. The molecule has 2 rings (SSSR count). The van der Waals surface area contributed by atoms with Gasteiger partial charge in [-0.3, -0.25) is 0 Å². The second kappa shape index (κ2) is 4.67. The fourth-order valence-electron chi connectivity index (χ4n) is 2.47. The average molecular weight is 204 g/mol. The average Bonchev–Trinajstić information content (AvgIpc) is 2.29. The van der Waals surface area contributed by atoms with Crippen molar-refractivity contribution in [1.29, 1.82) is 0 Å². The van der Waals surface area contributed by atoms with Crippen LogP contribution >= 0.6 is 0 Å². The van der Waals surface area contributed by atoms with Crippen LogP contribution in [0.2, 0.25) is 0 Å². The van der Waals surface area contributed by atoms with Crippen molar-refractivity contribution in [3.05, 3.63) is 29.3 Å². The summed E-state index contributed by atoms with van der Waals surface area (Å²) in [6, 6.07) is 6.53. The maximum atomic E-state index is 5.77. The fourth-order valence-corrected chi connectivity index (χ4v) is 2.47. The largest absolute Gasteiger partial charge is 0.371 e. The molecular weight excluding hydrogens is 184 g/mol. The molecule has 0 saturated carbocycles. The molecule has 0 aliphatic carbocycles. The molecule has 2 N–H and O–H groups in total. The molecule has 0 unspecified atom stereocenters. The van der Waals surface area contributed by atoms with E-state index in [4.69, 9.17) is 5.73 Å². The van der Waals surface area contributed by atoms with Gasteiger partial charge < -0.3 is 10.6 Å². The Morgan fingerprint density at radius 1 is 1.40 bits per heavy atom. The number of nitrogens with zero attached hydrogens (tertiary/aromatic N) is 1. The molecule has 0 saturated heterocycles. The Hall–Kier alpha value is -1.02. The first-order valence-electron chi connectivity index (χ1n) is 5.92. The molecule has 1 aliphatic heterocycles. The molecule has 82 valence electrons. The highest BCUT2D eigenvalue weighted by Crippen LogP contribution is 2.29. The molecule has 2 heteroatoms. The van der Waals surface area contributed by atoms with Gasteiger partial charge in [-0.05, 0) is 36.5 Å². The fraction of sp³-hybridized carbons (Fsp3) is 0.538. The minimum Gasteiger partial charge on any atom is -0.371 e. The molecule has 0 aromatic heterocycles. The van der Waals surface area contributed by atoms with E-state index in [1.54, 1.807) is 0 Å². The molecule has 1 aromatic carbocycles. The molecule has 0 atom stereocenters. The van der Waals surface area contributed by atoms with Crippen LogP contribution in [0, 0.1) is 0 Å². The van der Waals surface area contributed by atoms with Crippen LogP contribution in [-0.4, -0.2) is 13.1 Å². The Morgan fingerprint density at radius 3 is 3.00 bits per heavy atom. The second-order valence-corrected chi connectivity index (χ2v) is 4.21. The summed E-state index contributed by atoms with van der Waals surface area (Å²) in [5.41, 5.74) is 10.0. The Balaban J connectivity index is 2.35. The zero-order valence-corrected chi connectivity index (χ0v) is 9.50. The molecule has 0 spiro atoms. The van der Waals surface area contributed by atoms with E-state index in [2.05, 4.69) is 30.0 Å². The zero-order valence-electron chi connectivity index (χ0n) is 9.50. The highest BCUT2D eigenvalue weighted by molar-refractivity contribution is 5.58. The quantitative estimate of drug-likeness (QED) is 0.818. The van der Waals surface area contributed by atoms with Crippen LogP contribution in [0.25, 0.3) is 0 Å². The molecule has 1 aromatic rings. The lowest BCUT2D eigenvalue weighted by Crippen LogP contribution is -2.30. The summed E-state index contributed by atoms with van der Waals surface area (Å²) < 4.78 is 0. The van der Waals surface area contributed by atoms with Crippen molar-refractivity contribution < 1.29 is 0 Å². The molecule has 2 nitrogen and oxygen atoms in total. The number of anilines is 1. The lowest BCUT2D eigenvalue weighted by molar-refractivity contribution is 0.676. The molecule has 0 radical (unpaired) electrons. The van der Waals surface area contributed by atoms with Gasteiger partial charge in [-0.15, -0.1) is 0 Å². The first-order valence-corrected chi connectivity index (χ1v) is 5.92. The van der Waals surface area contributed by atoms with Crippen molar-refractivity contribution in [1.82, 2.24) is 0 Å². The van der Waals surface area contributed by atoms with Gasteiger partial charge in [0.1, 0.15) is 0 Å². The first-order chi connectivity index (χ1) is 7.36. The molecule has 1 heterocycles. The Kier molecular flexibility index (Phi) is 3.27. The van der Waals surface area contributed by atoms with E-state index in [1.165, 1.54) is 49.2 Å². The van der Waals surface area contributed by atoms with E-state index < -0.39 is 0 Å². The minimum absolute atomic E-state index is 0.670. The van der Waals surface area contributed by atoms with Gasteiger partial charge in [0.05, 0.1) is 0 Å². The molecular formula is C13H20N2. The van der Waals surface area contributed by atoms with Gasteiger partial charge in [0.25, 0.3) is 0 Å². The van der Waals surface area contributed by atoms with Gasteiger partial charge in [-0.25, -0.2) is 0 Å². The van der Waals surface area contributed by atoms with Crippen LogP contribution in [0.5, 0.6) is 0 Å². The van der Waals surface area contributed by atoms with Gasteiger partial charge in [0.2, 0.25) is 0 Å². The van der Waals surface area contributed by atoms with Crippen LogP contribution in [0.1, 0.15) is 30.9 Å². The van der Waals surface area contributed by atoms with E-state index in [0.717, 1.165) is 0 Å². The maximum Gasteiger partial charge on any atom is 0.0402 e. The third-order valence-corrected chi connectivity index (χ3v) is 3.16. The summed E-state index contributed by atoms with van der Waals surface area (Å²) in [4.78, 5) is 2.50. The summed E-state index contributed by atoms with van der Waals surface area (Å²) in [5.74, 6) is 0. The van der Waals surface area contributed by atoms with Gasteiger partial charge in [0.15, 0.2) is 0 Å². The highest BCUT2D eigenvalue weighted by Gasteiger charge is 2.17. The van der Waals surface area contributed by atoms with Gasteiger partial charge in [-0.1, -0.05) is 19.1 Å². The Labute approximate surface area is 92.1 Å². The third-order valence-electron chi connectivity index (χ3n) is 3.16. The first kappa shape index (κ1) is 10.5. The van der Waals surface area contributed by atoms with E-state index in [9.17, 15) is 0 Å². The second-order valence-electron chi connectivity index (χ2n) is 4.21. The molecule has 0 bridgehead atoms. The summed E-state index contributed by atoms with van der Waals surface area (Å²) in [6.45, 7) is 5.28. The highest BCUT2D eigenvalue weighted by atomic mass is 15.1. The van der Waals surface area contributed by atoms with Gasteiger partial charge >= 0.3 is 0 Å². The smallest absolute Gasteiger partial charge is 0.0402 e. The van der Waals surface area contributed by atoms with Crippen LogP contribution in [-0.2, 0) is 13.0 Å². The monoisotopic (exact) mass is 204 g/mol. The van der Waals surface area contributed by atoms with Crippen molar-refractivity contribution in [3.63, 3.8) is 0 Å². The number of hydrogen-bond donors (Lipinski definition) is 1.